The van der Waals surface area contributed by atoms with Crippen LogP contribution in [0.25, 0.3) is 0 Å². The van der Waals surface area contributed by atoms with Crippen LogP contribution < -0.4 is 0 Å². The fraction of sp³-hybridized carbons (Fsp3) is 0.278. The largest absolute Gasteiger partial charge is 0.339 e. The van der Waals surface area contributed by atoms with Crippen molar-refractivity contribution in [3.05, 3.63) is 65.7 Å². The molecule has 24 heavy (non-hydrogen) atoms. The minimum Gasteiger partial charge on any atom is -0.339 e. The van der Waals surface area contributed by atoms with E-state index in [9.17, 15) is 14.0 Å². The first-order valence-corrected chi connectivity index (χ1v) is 7.85. The van der Waals surface area contributed by atoms with E-state index in [0.717, 1.165) is 5.56 Å². The average molecular weight is 327 g/mol. The van der Waals surface area contributed by atoms with Gasteiger partial charge in [0.25, 0.3) is 5.91 Å². The maximum Gasteiger partial charge on any atom is 0.254 e. The summed E-state index contributed by atoms with van der Waals surface area (Å²) in [6.07, 6.45) is 3.43. The Bertz CT molecular complexity index is 711. The number of benzene rings is 1. The zero-order valence-corrected chi connectivity index (χ0v) is 13.2. The van der Waals surface area contributed by atoms with Crippen molar-refractivity contribution in [3.8, 4) is 0 Å². The van der Waals surface area contributed by atoms with Crippen molar-refractivity contribution in [1.29, 1.82) is 0 Å². The molecule has 0 saturated carbocycles. The highest BCUT2D eigenvalue weighted by atomic mass is 19.1. The molecular formula is C18H18FN3O2. The lowest BCUT2D eigenvalue weighted by Gasteiger charge is -2.35. The number of amides is 2. The first-order valence-electron chi connectivity index (χ1n) is 7.85. The predicted octanol–water partition coefficient (Wildman–Crippen LogP) is 1.75. The number of carbonyl (C=O) groups excluding carboxylic acids is 2. The Hall–Kier alpha value is -2.76. The lowest BCUT2D eigenvalue weighted by atomic mass is 10.1. The maximum atomic E-state index is 12.9. The van der Waals surface area contributed by atoms with Gasteiger partial charge in [-0.2, -0.15) is 0 Å². The zero-order valence-electron chi connectivity index (χ0n) is 13.2. The number of nitrogens with zero attached hydrogens (tertiary/aromatic N) is 3. The normalized spacial score (nSPS) is 14.5. The standard InChI is InChI=1S/C18H18FN3O2/c19-16-3-1-14(2-4-16)13-17(23)21-9-11-22(12-10-21)18(24)15-5-7-20-8-6-15/h1-8H,9-13H2. The fourth-order valence-corrected chi connectivity index (χ4v) is 2.72. The van der Waals surface area contributed by atoms with Crippen LogP contribution in [0.1, 0.15) is 15.9 Å². The Morgan fingerprint density at radius 2 is 1.50 bits per heavy atom. The van der Waals surface area contributed by atoms with Crippen LogP contribution in [-0.4, -0.2) is 52.8 Å². The molecule has 1 aromatic carbocycles. The third kappa shape index (κ3) is 3.76. The Balaban J connectivity index is 1.54. The number of pyridine rings is 1. The molecule has 0 N–H and O–H groups in total. The molecule has 1 fully saturated rings. The molecule has 2 amide bonds. The van der Waals surface area contributed by atoms with Gasteiger partial charge in [-0.25, -0.2) is 4.39 Å². The number of hydrogen-bond donors (Lipinski definition) is 0. The van der Waals surface area contributed by atoms with Gasteiger partial charge in [-0.1, -0.05) is 12.1 Å². The molecular weight excluding hydrogens is 309 g/mol. The van der Waals surface area contributed by atoms with Gasteiger partial charge in [-0.3, -0.25) is 14.6 Å². The lowest BCUT2D eigenvalue weighted by Crippen LogP contribution is -2.51. The molecule has 1 saturated heterocycles. The number of rotatable bonds is 3. The Morgan fingerprint density at radius 3 is 2.12 bits per heavy atom. The molecule has 6 heteroatoms. The minimum atomic E-state index is -0.311. The van der Waals surface area contributed by atoms with Crippen LogP contribution in [0.2, 0.25) is 0 Å². The van der Waals surface area contributed by atoms with Crippen LogP contribution >= 0.6 is 0 Å². The molecule has 1 aromatic heterocycles. The van der Waals surface area contributed by atoms with Gasteiger partial charge in [0.2, 0.25) is 5.91 Å². The van der Waals surface area contributed by atoms with E-state index >= 15 is 0 Å². The number of aromatic nitrogens is 1. The van der Waals surface area contributed by atoms with Gasteiger partial charge in [0.15, 0.2) is 0 Å². The summed E-state index contributed by atoms with van der Waals surface area (Å²) in [6, 6.07) is 9.33. The van der Waals surface area contributed by atoms with Crippen molar-refractivity contribution < 1.29 is 14.0 Å². The molecule has 2 aromatic rings. The first-order chi connectivity index (χ1) is 11.6. The number of carbonyl (C=O) groups is 2. The van der Waals surface area contributed by atoms with E-state index in [-0.39, 0.29) is 24.1 Å². The highest BCUT2D eigenvalue weighted by Crippen LogP contribution is 2.11. The van der Waals surface area contributed by atoms with E-state index < -0.39 is 0 Å². The van der Waals surface area contributed by atoms with Crippen LogP contribution in [0.3, 0.4) is 0 Å². The summed E-state index contributed by atoms with van der Waals surface area (Å²) >= 11 is 0. The van der Waals surface area contributed by atoms with Gasteiger partial charge in [0.1, 0.15) is 5.82 Å². The van der Waals surface area contributed by atoms with Crippen LogP contribution in [0, 0.1) is 5.82 Å². The molecule has 0 spiro atoms. The second kappa shape index (κ2) is 7.21. The van der Waals surface area contributed by atoms with Gasteiger partial charge in [0, 0.05) is 44.1 Å². The average Bonchev–Trinajstić information content (AvgIpc) is 2.64. The summed E-state index contributed by atoms with van der Waals surface area (Å²) in [5, 5.41) is 0. The van der Waals surface area contributed by atoms with Crippen molar-refractivity contribution in [2.45, 2.75) is 6.42 Å². The second-order valence-electron chi connectivity index (χ2n) is 5.71. The van der Waals surface area contributed by atoms with E-state index in [1.54, 1.807) is 46.5 Å². The van der Waals surface area contributed by atoms with Crippen molar-refractivity contribution in [1.82, 2.24) is 14.8 Å². The molecule has 124 valence electrons. The molecule has 0 bridgehead atoms. The topological polar surface area (TPSA) is 53.5 Å². The van der Waals surface area contributed by atoms with Crippen molar-refractivity contribution in [2.75, 3.05) is 26.2 Å². The molecule has 0 atom stereocenters. The molecule has 3 rings (SSSR count). The smallest absolute Gasteiger partial charge is 0.254 e. The highest BCUT2D eigenvalue weighted by molar-refractivity contribution is 5.94. The number of hydrogen-bond acceptors (Lipinski definition) is 3. The third-order valence-electron chi connectivity index (χ3n) is 4.12. The van der Waals surface area contributed by atoms with Crippen LogP contribution in [0.15, 0.2) is 48.8 Å². The third-order valence-corrected chi connectivity index (χ3v) is 4.12. The summed E-state index contributed by atoms with van der Waals surface area (Å²) in [5.41, 5.74) is 1.40. The summed E-state index contributed by atoms with van der Waals surface area (Å²) in [4.78, 5) is 32.1. The quantitative estimate of drug-likeness (QED) is 0.863. The fourth-order valence-electron chi connectivity index (χ4n) is 2.72. The highest BCUT2D eigenvalue weighted by Gasteiger charge is 2.24. The van der Waals surface area contributed by atoms with E-state index in [2.05, 4.69) is 4.98 Å². The van der Waals surface area contributed by atoms with Crippen molar-refractivity contribution >= 4 is 11.8 Å². The first kappa shape index (κ1) is 16.1. The number of piperazine rings is 1. The van der Waals surface area contributed by atoms with Crippen molar-refractivity contribution in [2.24, 2.45) is 0 Å². The SMILES string of the molecule is O=C(Cc1ccc(F)cc1)N1CCN(C(=O)c2ccncc2)CC1. The molecule has 1 aliphatic heterocycles. The molecule has 0 radical (unpaired) electrons. The Morgan fingerprint density at radius 1 is 0.917 bits per heavy atom. The maximum absolute atomic E-state index is 12.9. The monoisotopic (exact) mass is 327 g/mol. The van der Waals surface area contributed by atoms with E-state index in [4.69, 9.17) is 0 Å². The minimum absolute atomic E-state index is 0.00221. The van der Waals surface area contributed by atoms with Gasteiger partial charge in [-0.15, -0.1) is 0 Å². The van der Waals surface area contributed by atoms with E-state index in [1.165, 1.54) is 12.1 Å². The summed E-state index contributed by atoms with van der Waals surface area (Å²) < 4.78 is 12.9. The Labute approximate surface area is 139 Å². The van der Waals surface area contributed by atoms with Gasteiger partial charge < -0.3 is 9.80 Å². The molecule has 5 nitrogen and oxygen atoms in total. The molecule has 2 heterocycles. The van der Waals surface area contributed by atoms with Gasteiger partial charge in [0.05, 0.1) is 6.42 Å². The summed E-state index contributed by atoms with van der Waals surface area (Å²) in [5.74, 6) is -0.352. The van der Waals surface area contributed by atoms with Crippen LogP contribution in [0.5, 0.6) is 0 Å². The van der Waals surface area contributed by atoms with Gasteiger partial charge >= 0.3 is 0 Å². The molecule has 1 aliphatic rings. The van der Waals surface area contributed by atoms with Crippen molar-refractivity contribution in [3.63, 3.8) is 0 Å². The zero-order chi connectivity index (χ0) is 16.9. The second-order valence-corrected chi connectivity index (χ2v) is 5.71. The summed E-state index contributed by atoms with van der Waals surface area (Å²) in [6.45, 7) is 2.04. The number of halogens is 1. The Kier molecular flexibility index (Phi) is 4.84. The lowest BCUT2D eigenvalue weighted by molar-refractivity contribution is -0.131. The molecule has 0 aliphatic carbocycles. The van der Waals surface area contributed by atoms with Crippen LogP contribution in [-0.2, 0) is 11.2 Å². The van der Waals surface area contributed by atoms with Gasteiger partial charge in [-0.05, 0) is 29.8 Å². The summed E-state index contributed by atoms with van der Waals surface area (Å²) in [7, 11) is 0. The molecule has 0 unspecified atom stereocenters. The van der Waals surface area contributed by atoms with Crippen LogP contribution in [0.4, 0.5) is 4.39 Å². The van der Waals surface area contributed by atoms with E-state index in [0.29, 0.717) is 31.7 Å². The predicted molar refractivity (Wildman–Crippen MR) is 86.8 cm³/mol. The van der Waals surface area contributed by atoms with E-state index in [1.807, 2.05) is 0 Å².